The summed E-state index contributed by atoms with van der Waals surface area (Å²) in [5.41, 5.74) is 1.09. The van der Waals surface area contributed by atoms with Gasteiger partial charge in [-0.1, -0.05) is 6.58 Å². The number of aromatic nitrogens is 1. The summed E-state index contributed by atoms with van der Waals surface area (Å²) in [6, 6.07) is 3.73. The van der Waals surface area contributed by atoms with Crippen molar-refractivity contribution in [3.8, 4) is 0 Å². The lowest BCUT2D eigenvalue weighted by Crippen LogP contribution is -2.36. The molecule has 0 unspecified atom stereocenters. The molecule has 0 aliphatic heterocycles. The van der Waals surface area contributed by atoms with Crippen LogP contribution < -0.4 is 0 Å². The third kappa shape index (κ3) is 7.00. The first kappa shape index (κ1) is 20.0. The van der Waals surface area contributed by atoms with Crippen LogP contribution in [0.3, 0.4) is 0 Å². The number of rotatable bonds is 8. The molecule has 6 nitrogen and oxygen atoms in total. The van der Waals surface area contributed by atoms with Gasteiger partial charge in [-0.3, -0.25) is 4.98 Å². The highest BCUT2D eigenvalue weighted by Gasteiger charge is 2.19. The van der Waals surface area contributed by atoms with Gasteiger partial charge in [0.25, 0.3) is 0 Å². The normalized spacial score (nSPS) is 11.0. The fourth-order valence-electron chi connectivity index (χ4n) is 1.86. The molecule has 0 N–H and O–H groups in total. The highest BCUT2D eigenvalue weighted by molar-refractivity contribution is 5.67. The molecule has 0 aromatic carbocycles. The molecular weight excluding hydrogens is 308 g/mol. The van der Waals surface area contributed by atoms with Crippen LogP contribution in [0.2, 0.25) is 0 Å². The lowest BCUT2D eigenvalue weighted by molar-refractivity contribution is 0.0219. The Bertz CT molecular complexity index is 552. The Labute approximate surface area is 144 Å². The third-order valence-corrected chi connectivity index (χ3v) is 3.02. The number of amides is 1. The molecule has 24 heavy (non-hydrogen) atoms. The summed E-state index contributed by atoms with van der Waals surface area (Å²) in [6.07, 6.45) is 1.34. The van der Waals surface area contributed by atoms with E-state index in [2.05, 4.69) is 11.6 Å². The van der Waals surface area contributed by atoms with Gasteiger partial charge in [0.05, 0.1) is 25.5 Å². The summed E-state index contributed by atoms with van der Waals surface area (Å²) in [7, 11) is 1.68. The fourth-order valence-corrected chi connectivity index (χ4v) is 1.86. The number of pyridine rings is 1. The Kier molecular flexibility index (Phi) is 7.71. The van der Waals surface area contributed by atoms with E-state index in [1.807, 2.05) is 39.8 Å². The molecule has 1 aromatic heterocycles. The zero-order valence-corrected chi connectivity index (χ0v) is 15.3. The molecule has 0 fully saturated rings. The van der Waals surface area contributed by atoms with Crippen molar-refractivity contribution in [2.45, 2.75) is 39.9 Å². The molecule has 0 spiro atoms. The minimum atomic E-state index is -0.505. The average Bonchev–Trinajstić information content (AvgIpc) is 2.50. The Morgan fingerprint density at radius 2 is 2.08 bits per heavy atom. The largest absolute Gasteiger partial charge is 0.494 e. The van der Waals surface area contributed by atoms with Gasteiger partial charge in [0.2, 0.25) is 0 Å². The summed E-state index contributed by atoms with van der Waals surface area (Å²) in [6.45, 7) is 13.0. The molecule has 0 aliphatic carbocycles. The van der Waals surface area contributed by atoms with Crippen molar-refractivity contribution >= 4 is 11.9 Å². The van der Waals surface area contributed by atoms with Gasteiger partial charge in [-0.2, -0.15) is 0 Å². The highest BCUT2D eigenvalue weighted by Crippen LogP contribution is 2.17. The lowest BCUT2D eigenvalue weighted by Gasteiger charge is -2.24. The van der Waals surface area contributed by atoms with E-state index in [0.29, 0.717) is 32.1 Å². The molecule has 1 amide bonds. The average molecular weight is 336 g/mol. The maximum absolute atomic E-state index is 11.8. The first-order valence-electron chi connectivity index (χ1n) is 8.02. The Morgan fingerprint density at radius 3 is 2.71 bits per heavy atom. The van der Waals surface area contributed by atoms with Crippen LogP contribution in [0.15, 0.2) is 24.9 Å². The highest BCUT2D eigenvalue weighted by atomic mass is 16.6. The number of likely N-dealkylation sites (N-methyl/N-ethyl adjacent to an activating group) is 1. The van der Waals surface area contributed by atoms with E-state index in [-0.39, 0.29) is 6.09 Å². The molecule has 0 saturated heterocycles. The second-order valence-corrected chi connectivity index (χ2v) is 6.31. The summed E-state index contributed by atoms with van der Waals surface area (Å²) in [5, 5.41) is 0. The van der Waals surface area contributed by atoms with Crippen LogP contribution in [-0.4, -0.2) is 48.4 Å². The van der Waals surface area contributed by atoms with E-state index >= 15 is 0 Å². The zero-order chi connectivity index (χ0) is 18.2. The van der Waals surface area contributed by atoms with Gasteiger partial charge in [-0.25, -0.2) is 4.79 Å². The van der Waals surface area contributed by atoms with Gasteiger partial charge >= 0.3 is 6.09 Å². The molecule has 1 aromatic rings. The van der Waals surface area contributed by atoms with Crippen molar-refractivity contribution in [2.24, 2.45) is 0 Å². The van der Waals surface area contributed by atoms with Gasteiger partial charge in [0.15, 0.2) is 0 Å². The van der Waals surface area contributed by atoms with Crippen LogP contribution in [-0.2, 0) is 20.8 Å². The van der Waals surface area contributed by atoms with Crippen LogP contribution in [0.25, 0.3) is 5.76 Å². The molecule has 0 aliphatic rings. The Morgan fingerprint density at radius 1 is 1.38 bits per heavy atom. The minimum absolute atomic E-state index is 0.324. The van der Waals surface area contributed by atoms with Crippen molar-refractivity contribution in [1.82, 2.24) is 9.88 Å². The van der Waals surface area contributed by atoms with Gasteiger partial charge < -0.3 is 19.1 Å². The van der Waals surface area contributed by atoms with E-state index in [0.717, 1.165) is 11.3 Å². The smallest absolute Gasteiger partial charge is 0.410 e. The molecule has 1 heterocycles. The maximum Gasteiger partial charge on any atom is 0.410 e. The molecular formula is C18H28N2O4. The van der Waals surface area contributed by atoms with Crippen molar-refractivity contribution < 1.29 is 19.0 Å². The summed E-state index contributed by atoms with van der Waals surface area (Å²) < 4.78 is 16.3. The molecule has 1 rings (SSSR count). The Hall–Kier alpha value is -2.08. The van der Waals surface area contributed by atoms with Crippen LogP contribution in [0.1, 0.15) is 39.0 Å². The number of ether oxygens (including phenoxy) is 3. The lowest BCUT2D eigenvalue weighted by atomic mass is 10.2. The number of hydrogen-bond donors (Lipinski definition) is 0. The second kappa shape index (κ2) is 9.27. The van der Waals surface area contributed by atoms with Crippen LogP contribution in [0, 0.1) is 0 Å². The van der Waals surface area contributed by atoms with Crippen LogP contribution >= 0.6 is 0 Å². The van der Waals surface area contributed by atoms with Crippen molar-refractivity contribution in [3.05, 3.63) is 36.2 Å². The van der Waals surface area contributed by atoms with E-state index < -0.39 is 5.60 Å². The molecule has 0 saturated carbocycles. The first-order valence-corrected chi connectivity index (χ1v) is 8.02. The standard InChI is InChI=1S/C18H28N2O4/c1-7-23-14(2)15-9-8-10-19-16(15)13-22-12-11-20(6)17(21)24-18(3,4)5/h8-10H,2,7,11-13H2,1,3-6H3. The van der Waals surface area contributed by atoms with Crippen molar-refractivity contribution in [3.63, 3.8) is 0 Å². The summed E-state index contributed by atoms with van der Waals surface area (Å²) >= 11 is 0. The fraction of sp³-hybridized carbons (Fsp3) is 0.556. The SMILES string of the molecule is C=C(OCC)c1cccnc1COCCN(C)C(=O)OC(C)(C)C. The second-order valence-electron chi connectivity index (χ2n) is 6.31. The zero-order valence-electron chi connectivity index (χ0n) is 15.3. The van der Waals surface area contributed by atoms with Crippen molar-refractivity contribution in [1.29, 1.82) is 0 Å². The van der Waals surface area contributed by atoms with E-state index in [1.165, 1.54) is 4.90 Å². The quantitative estimate of drug-likeness (QED) is 0.537. The third-order valence-electron chi connectivity index (χ3n) is 3.02. The van der Waals surface area contributed by atoms with Gasteiger partial charge in [0, 0.05) is 25.4 Å². The number of carbonyl (C=O) groups is 1. The first-order chi connectivity index (χ1) is 11.2. The van der Waals surface area contributed by atoms with E-state index in [4.69, 9.17) is 14.2 Å². The van der Waals surface area contributed by atoms with Gasteiger partial charge in [-0.05, 0) is 39.8 Å². The van der Waals surface area contributed by atoms with E-state index in [9.17, 15) is 4.79 Å². The number of carbonyl (C=O) groups excluding carboxylic acids is 1. The number of nitrogens with zero attached hydrogens (tertiary/aromatic N) is 2. The molecule has 134 valence electrons. The van der Waals surface area contributed by atoms with Crippen molar-refractivity contribution in [2.75, 3.05) is 26.8 Å². The monoisotopic (exact) mass is 336 g/mol. The predicted octanol–water partition coefficient (Wildman–Crippen LogP) is 3.47. The summed E-state index contributed by atoms with van der Waals surface area (Å²) in [5.74, 6) is 0.579. The summed E-state index contributed by atoms with van der Waals surface area (Å²) in [4.78, 5) is 17.6. The van der Waals surface area contributed by atoms with Crippen LogP contribution in [0.4, 0.5) is 4.79 Å². The molecule has 0 radical (unpaired) electrons. The topological polar surface area (TPSA) is 60.9 Å². The van der Waals surface area contributed by atoms with Crippen LogP contribution in [0.5, 0.6) is 0 Å². The number of hydrogen-bond acceptors (Lipinski definition) is 5. The molecule has 6 heteroatoms. The van der Waals surface area contributed by atoms with E-state index in [1.54, 1.807) is 13.2 Å². The van der Waals surface area contributed by atoms with Gasteiger partial charge in [-0.15, -0.1) is 0 Å². The Balaban J connectivity index is 2.46. The predicted molar refractivity (Wildman–Crippen MR) is 93.4 cm³/mol. The minimum Gasteiger partial charge on any atom is -0.494 e. The van der Waals surface area contributed by atoms with Gasteiger partial charge in [0.1, 0.15) is 11.4 Å². The molecule has 0 bridgehead atoms. The maximum atomic E-state index is 11.8. The molecule has 0 atom stereocenters.